The molecule has 126 valence electrons. The molecule has 2 amide bonds. The Balaban J connectivity index is 1.69. The van der Waals surface area contributed by atoms with Crippen molar-refractivity contribution < 1.29 is 9.00 Å². The summed E-state index contributed by atoms with van der Waals surface area (Å²) < 4.78 is 11.4. The maximum Gasteiger partial charge on any atom is 0.319 e. The van der Waals surface area contributed by atoms with Gasteiger partial charge in [-0.2, -0.15) is 0 Å². The molecule has 7 heteroatoms. The van der Waals surface area contributed by atoms with Gasteiger partial charge in [0.1, 0.15) is 0 Å². The number of halogens is 1. The molecule has 1 aromatic rings. The van der Waals surface area contributed by atoms with Crippen molar-refractivity contribution in [1.82, 2.24) is 5.32 Å². The van der Waals surface area contributed by atoms with Crippen LogP contribution in [0.15, 0.2) is 18.2 Å². The molecule has 3 rings (SSSR count). The number of piperidine rings is 1. The highest BCUT2D eigenvalue weighted by atomic mass is 35.5. The molecular weight excluding hydrogens is 334 g/mol. The normalized spacial score (nSPS) is 24.5. The molecule has 0 aliphatic carbocycles. The van der Waals surface area contributed by atoms with Gasteiger partial charge in [0.2, 0.25) is 0 Å². The number of amides is 2. The van der Waals surface area contributed by atoms with Gasteiger partial charge in [-0.15, -0.1) is 0 Å². The maximum absolute atomic E-state index is 12.2. The molecule has 2 N–H and O–H groups in total. The minimum absolute atomic E-state index is 0.00606. The molecule has 2 saturated heterocycles. The Labute approximate surface area is 144 Å². The average molecular weight is 356 g/mol. The van der Waals surface area contributed by atoms with Crippen molar-refractivity contribution in [3.63, 3.8) is 0 Å². The molecule has 23 heavy (non-hydrogen) atoms. The molecule has 2 atom stereocenters. The fourth-order valence-electron chi connectivity index (χ4n) is 3.14. The van der Waals surface area contributed by atoms with Crippen molar-refractivity contribution >= 4 is 39.8 Å². The Hall–Kier alpha value is -1.27. The van der Waals surface area contributed by atoms with Gasteiger partial charge in [-0.3, -0.25) is 4.21 Å². The highest BCUT2D eigenvalue weighted by Crippen LogP contribution is 2.31. The van der Waals surface area contributed by atoms with Crippen LogP contribution in [0.4, 0.5) is 16.2 Å². The Bertz CT molecular complexity index is 605. The zero-order valence-electron chi connectivity index (χ0n) is 13.0. The van der Waals surface area contributed by atoms with Crippen LogP contribution in [0.3, 0.4) is 0 Å². The van der Waals surface area contributed by atoms with Crippen LogP contribution < -0.4 is 15.5 Å². The fraction of sp³-hybridized carbons (Fsp3) is 0.562. The van der Waals surface area contributed by atoms with E-state index in [0.29, 0.717) is 16.5 Å². The van der Waals surface area contributed by atoms with Gasteiger partial charge in [0.25, 0.3) is 0 Å². The van der Waals surface area contributed by atoms with Crippen LogP contribution >= 0.6 is 11.6 Å². The van der Waals surface area contributed by atoms with Gasteiger partial charge in [-0.1, -0.05) is 11.6 Å². The van der Waals surface area contributed by atoms with Crippen LogP contribution in [0.5, 0.6) is 0 Å². The van der Waals surface area contributed by atoms with Crippen molar-refractivity contribution in [2.75, 3.05) is 34.8 Å². The number of benzene rings is 1. The highest BCUT2D eigenvalue weighted by molar-refractivity contribution is 7.85. The first-order valence-corrected chi connectivity index (χ1v) is 9.95. The molecule has 0 radical (unpaired) electrons. The van der Waals surface area contributed by atoms with Gasteiger partial charge in [0.05, 0.1) is 11.4 Å². The fourth-order valence-corrected chi connectivity index (χ4v) is 4.73. The van der Waals surface area contributed by atoms with Crippen LogP contribution in [0, 0.1) is 0 Å². The van der Waals surface area contributed by atoms with Crippen molar-refractivity contribution in [2.45, 2.75) is 31.7 Å². The molecule has 0 saturated carbocycles. The number of carbonyl (C=O) groups is 1. The molecule has 0 spiro atoms. The number of rotatable bonds is 3. The van der Waals surface area contributed by atoms with E-state index in [2.05, 4.69) is 15.5 Å². The summed E-state index contributed by atoms with van der Waals surface area (Å²) in [6.45, 7) is 2.00. The minimum atomic E-state index is -0.800. The van der Waals surface area contributed by atoms with Crippen molar-refractivity contribution in [2.24, 2.45) is 0 Å². The van der Waals surface area contributed by atoms with Crippen LogP contribution in [-0.4, -0.2) is 40.9 Å². The summed E-state index contributed by atoms with van der Waals surface area (Å²) in [5, 5.41) is 6.42. The Morgan fingerprint density at radius 2 is 2.04 bits per heavy atom. The number of hydrogen-bond donors (Lipinski definition) is 2. The zero-order chi connectivity index (χ0) is 16.2. The minimum Gasteiger partial charge on any atom is -0.370 e. The predicted molar refractivity (Wildman–Crippen MR) is 96.0 cm³/mol. The van der Waals surface area contributed by atoms with E-state index in [1.165, 1.54) is 19.3 Å². The van der Waals surface area contributed by atoms with Crippen LogP contribution in [-0.2, 0) is 10.8 Å². The summed E-state index contributed by atoms with van der Waals surface area (Å²) in [6, 6.07) is 5.35. The second-order valence-electron chi connectivity index (χ2n) is 6.10. The molecule has 2 unspecified atom stereocenters. The van der Waals surface area contributed by atoms with Gasteiger partial charge >= 0.3 is 6.03 Å². The zero-order valence-corrected chi connectivity index (χ0v) is 14.6. The highest BCUT2D eigenvalue weighted by Gasteiger charge is 2.23. The van der Waals surface area contributed by atoms with E-state index in [4.69, 9.17) is 11.6 Å². The van der Waals surface area contributed by atoms with Gasteiger partial charge < -0.3 is 15.5 Å². The molecule has 1 aromatic carbocycles. The number of carbonyl (C=O) groups excluding carboxylic acids is 1. The van der Waals surface area contributed by atoms with Gasteiger partial charge in [0, 0.05) is 46.5 Å². The predicted octanol–water partition coefficient (Wildman–Crippen LogP) is 2.97. The molecule has 2 fully saturated rings. The molecule has 2 aliphatic rings. The lowest BCUT2D eigenvalue weighted by molar-refractivity contribution is 0.249. The molecule has 2 heterocycles. The van der Waals surface area contributed by atoms with E-state index in [-0.39, 0.29) is 12.1 Å². The topological polar surface area (TPSA) is 61.4 Å². The van der Waals surface area contributed by atoms with Gasteiger partial charge in [-0.05, 0) is 43.9 Å². The smallest absolute Gasteiger partial charge is 0.319 e. The van der Waals surface area contributed by atoms with Crippen molar-refractivity contribution in [3.8, 4) is 0 Å². The third-order valence-corrected chi connectivity index (χ3v) is 6.02. The lowest BCUT2D eigenvalue weighted by Gasteiger charge is -2.30. The van der Waals surface area contributed by atoms with Gasteiger partial charge in [0.15, 0.2) is 0 Å². The van der Waals surface area contributed by atoms with E-state index in [9.17, 15) is 9.00 Å². The second kappa shape index (κ2) is 7.53. The quantitative estimate of drug-likeness (QED) is 0.876. The summed E-state index contributed by atoms with van der Waals surface area (Å²) in [5.74, 6) is 1.21. The first-order valence-electron chi connectivity index (χ1n) is 8.09. The molecular formula is C16H22ClN3O2S. The number of anilines is 2. The number of urea groups is 1. The van der Waals surface area contributed by atoms with Crippen LogP contribution in [0.2, 0.25) is 5.02 Å². The number of nitrogens with one attached hydrogen (secondary N) is 2. The summed E-state index contributed by atoms with van der Waals surface area (Å²) in [5.41, 5.74) is 1.75. The van der Waals surface area contributed by atoms with E-state index in [0.717, 1.165) is 30.9 Å². The Kier molecular flexibility index (Phi) is 5.43. The summed E-state index contributed by atoms with van der Waals surface area (Å²) >= 11 is 6.10. The Morgan fingerprint density at radius 1 is 1.26 bits per heavy atom. The van der Waals surface area contributed by atoms with Crippen molar-refractivity contribution in [1.29, 1.82) is 0 Å². The molecule has 2 aliphatic heterocycles. The third-order valence-electron chi connectivity index (χ3n) is 4.32. The molecule has 5 nitrogen and oxygen atoms in total. The van der Waals surface area contributed by atoms with Crippen molar-refractivity contribution in [3.05, 3.63) is 23.2 Å². The lowest BCUT2D eigenvalue weighted by atomic mass is 10.1. The van der Waals surface area contributed by atoms with Gasteiger partial charge in [-0.25, -0.2) is 4.79 Å². The first kappa shape index (κ1) is 16.6. The lowest BCUT2D eigenvalue weighted by Crippen LogP contribution is -2.39. The van der Waals surface area contributed by atoms with Crippen LogP contribution in [0.25, 0.3) is 0 Å². The van der Waals surface area contributed by atoms with E-state index >= 15 is 0 Å². The molecule has 0 bridgehead atoms. The second-order valence-corrected chi connectivity index (χ2v) is 8.16. The third kappa shape index (κ3) is 4.38. The van der Waals surface area contributed by atoms with E-state index in [1.54, 1.807) is 6.07 Å². The maximum atomic E-state index is 12.2. The summed E-state index contributed by atoms with van der Waals surface area (Å²) in [6.07, 6.45) is 4.37. The number of hydrogen-bond acceptors (Lipinski definition) is 3. The average Bonchev–Trinajstić information content (AvgIpc) is 2.93. The van der Waals surface area contributed by atoms with E-state index < -0.39 is 10.8 Å². The largest absolute Gasteiger partial charge is 0.370 e. The van der Waals surface area contributed by atoms with E-state index in [1.807, 2.05) is 12.1 Å². The Morgan fingerprint density at radius 3 is 2.74 bits per heavy atom. The monoisotopic (exact) mass is 355 g/mol. The first-order chi connectivity index (χ1) is 11.1. The standard InChI is InChI=1S/C16H22ClN3O2S/c17-12-4-5-15(20-7-2-1-3-8-20)14(10-12)19-16(21)18-13-6-9-23(22)11-13/h4-5,10,13H,1-3,6-9,11H2,(H2,18,19,21). The van der Waals surface area contributed by atoms with Crippen LogP contribution in [0.1, 0.15) is 25.7 Å². The summed E-state index contributed by atoms with van der Waals surface area (Å²) in [7, 11) is -0.800. The summed E-state index contributed by atoms with van der Waals surface area (Å²) in [4.78, 5) is 14.5. The number of nitrogens with zero attached hydrogens (tertiary/aromatic N) is 1. The molecule has 0 aromatic heterocycles. The SMILES string of the molecule is O=C(Nc1cc(Cl)ccc1N1CCCCC1)NC1CCS(=O)C1.